The topological polar surface area (TPSA) is 56.3 Å². The van der Waals surface area contributed by atoms with Crippen LogP contribution in [0.25, 0.3) is 0 Å². The highest BCUT2D eigenvalue weighted by Gasteiger charge is 2.14. The Hall–Kier alpha value is -1.36. The molecule has 19 heavy (non-hydrogen) atoms. The first-order valence-electron chi connectivity index (χ1n) is 7.10. The number of aromatic nitrogens is 2. The van der Waals surface area contributed by atoms with Gasteiger partial charge in [-0.2, -0.15) is 4.98 Å². The molecule has 2 heterocycles. The monoisotopic (exact) mass is 265 g/mol. The molecular formula is C14H23N3O2. The van der Waals surface area contributed by atoms with Crippen molar-refractivity contribution in [1.29, 1.82) is 0 Å². The lowest BCUT2D eigenvalue weighted by atomic mass is 10.1. The van der Waals surface area contributed by atoms with Crippen molar-refractivity contribution in [2.75, 3.05) is 26.3 Å². The molecule has 1 fully saturated rings. The van der Waals surface area contributed by atoms with Gasteiger partial charge in [0.1, 0.15) is 0 Å². The van der Waals surface area contributed by atoms with Gasteiger partial charge in [-0.1, -0.05) is 6.92 Å². The van der Waals surface area contributed by atoms with Crippen LogP contribution in [-0.4, -0.2) is 36.3 Å². The van der Waals surface area contributed by atoms with Crippen LogP contribution in [0.3, 0.4) is 0 Å². The summed E-state index contributed by atoms with van der Waals surface area (Å²) in [6.45, 7) is 7.56. The van der Waals surface area contributed by atoms with E-state index in [0.717, 1.165) is 37.5 Å². The van der Waals surface area contributed by atoms with Crippen LogP contribution in [0.2, 0.25) is 0 Å². The molecule has 5 nitrogen and oxygen atoms in total. The zero-order valence-electron chi connectivity index (χ0n) is 11.8. The molecule has 106 valence electrons. The summed E-state index contributed by atoms with van der Waals surface area (Å²) in [7, 11) is 0. The molecule has 5 heteroatoms. The van der Waals surface area contributed by atoms with Gasteiger partial charge < -0.3 is 14.8 Å². The van der Waals surface area contributed by atoms with Crippen LogP contribution in [0.15, 0.2) is 6.07 Å². The highest BCUT2D eigenvalue weighted by molar-refractivity contribution is 5.17. The summed E-state index contributed by atoms with van der Waals surface area (Å²) in [5, 5.41) is 3.36. The first-order chi connectivity index (χ1) is 9.28. The summed E-state index contributed by atoms with van der Waals surface area (Å²) in [4.78, 5) is 8.54. The van der Waals surface area contributed by atoms with Gasteiger partial charge in [0, 0.05) is 11.8 Å². The third-order valence-electron chi connectivity index (χ3n) is 3.18. The van der Waals surface area contributed by atoms with Crippen LogP contribution in [-0.2, 0) is 0 Å². The van der Waals surface area contributed by atoms with Gasteiger partial charge in [-0.3, -0.25) is 0 Å². The number of nitrogens with one attached hydrogen (secondary N) is 1. The van der Waals surface area contributed by atoms with Crippen molar-refractivity contribution in [2.24, 2.45) is 5.92 Å². The van der Waals surface area contributed by atoms with E-state index in [9.17, 15) is 0 Å². The number of hydrogen-bond acceptors (Lipinski definition) is 5. The van der Waals surface area contributed by atoms with Gasteiger partial charge in [0.25, 0.3) is 0 Å². The molecule has 0 radical (unpaired) electrons. The fourth-order valence-corrected chi connectivity index (χ4v) is 2.14. The highest BCUT2D eigenvalue weighted by Crippen LogP contribution is 2.16. The predicted octanol–water partition coefficient (Wildman–Crippen LogP) is 1.95. The Bertz CT molecular complexity index is 392. The van der Waals surface area contributed by atoms with Crippen molar-refractivity contribution in [2.45, 2.75) is 33.1 Å². The number of rotatable bonds is 7. The Labute approximate surface area is 114 Å². The fourth-order valence-electron chi connectivity index (χ4n) is 2.14. The van der Waals surface area contributed by atoms with Crippen LogP contribution in [0.1, 0.15) is 31.9 Å². The predicted molar refractivity (Wildman–Crippen MR) is 73.6 cm³/mol. The lowest BCUT2D eigenvalue weighted by molar-refractivity contribution is 0.251. The Morgan fingerprint density at radius 3 is 2.95 bits per heavy atom. The quantitative estimate of drug-likeness (QED) is 0.816. The van der Waals surface area contributed by atoms with Gasteiger partial charge >= 0.3 is 6.01 Å². The molecule has 1 aliphatic heterocycles. The third-order valence-corrected chi connectivity index (χ3v) is 3.18. The van der Waals surface area contributed by atoms with Crippen molar-refractivity contribution in [3.05, 3.63) is 11.8 Å². The molecule has 0 spiro atoms. The molecule has 0 saturated carbocycles. The molecule has 1 unspecified atom stereocenters. The number of nitrogens with zero attached hydrogens (tertiary/aromatic N) is 2. The molecule has 1 aromatic rings. The summed E-state index contributed by atoms with van der Waals surface area (Å²) in [6, 6.07) is 2.26. The highest BCUT2D eigenvalue weighted by atomic mass is 16.5. The molecule has 2 rings (SSSR count). The van der Waals surface area contributed by atoms with Crippen molar-refractivity contribution >= 4 is 0 Å². The molecule has 1 aliphatic rings. The molecule has 0 bridgehead atoms. The van der Waals surface area contributed by atoms with E-state index < -0.39 is 0 Å². The van der Waals surface area contributed by atoms with Gasteiger partial charge in [-0.15, -0.1) is 0 Å². The zero-order chi connectivity index (χ0) is 13.5. The first kappa shape index (κ1) is 14.1. The van der Waals surface area contributed by atoms with Crippen molar-refractivity contribution in [1.82, 2.24) is 15.3 Å². The van der Waals surface area contributed by atoms with Crippen LogP contribution in [0.5, 0.6) is 11.9 Å². The average Bonchev–Trinajstić information content (AvgIpc) is 2.89. The third kappa shape index (κ3) is 4.67. The zero-order valence-corrected chi connectivity index (χ0v) is 11.8. The van der Waals surface area contributed by atoms with Gasteiger partial charge in [-0.05, 0) is 45.2 Å². The normalized spacial score (nSPS) is 18.5. The van der Waals surface area contributed by atoms with Gasteiger partial charge in [-0.25, -0.2) is 4.98 Å². The minimum Gasteiger partial charge on any atom is -0.478 e. The van der Waals surface area contributed by atoms with E-state index in [1.165, 1.54) is 6.42 Å². The van der Waals surface area contributed by atoms with Gasteiger partial charge in [0.05, 0.1) is 13.2 Å². The number of hydrogen-bond donors (Lipinski definition) is 1. The molecule has 0 amide bonds. The SMILES string of the molecule is CCCOc1cc(C)nc(OCCC2CCNC2)n1. The summed E-state index contributed by atoms with van der Waals surface area (Å²) in [6.07, 6.45) is 3.26. The maximum absolute atomic E-state index is 5.64. The Morgan fingerprint density at radius 1 is 1.32 bits per heavy atom. The van der Waals surface area contributed by atoms with Gasteiger partial charge in [0.15, 0.2) is 0 Å². The average molecular weight is 265 g/mol. The molecule has 0 aromatic carbocycles. The van der Waals surface area contributed by atoms with Crippen molar-refractivity contribution in [3.63, 3.8) is 0 Å². The van der Waals surface area contributed by atoms with Crippen LogP contribution in [0.4, 0.5) is 0 Å². The fraction of sp³-hybridized carbons (Fsp3) is 0.714. The summed E-state index contributed by atoms with van der Waals surface area (Å²) >= 11 is 0. The lowest BCUT2D eigenvalue weighted by Crippen LogP contribution is -2.12. The van der Waals surface area contributed by atoms with E-state index in [2.05, 4.69) is 22.2 Å². The lowest BCUT2D eigenvalue weighted by Gasteiger charge is -2.10. The van der Waals surface area contributed by atoms with Crippen LogP contribution in [0, 0.1) is 12.8 Å². The summed E-state index contributed by atoms with van der Waals surface area (Å²) in [5.41, 5.74) is 0.874. The second-order valence-corrected chi connectivity index (χ2v) is 4.97. The van der Waals surface area contributed by atoms with E-state index in [0.29, 0.717) is 25.1 Å². The second kappa shape index (κ2) is 7.28. The molecule has 0 aliphatic carbocycles. The Balaban J connectivity index is 1.82. The van der Waals surface area contributed by atoms with E-state index in [4.69, 9.17) is 9.47 Å². The Kier molecular flexibility index (Phi) is 5.39. The van der Waals surface area contributed by atoms with E-state index in [1.54, 1.807) is 0 Å². The molecule has 1 atom stereocenters. The molecular weight excluding hydrogens is 242 g/mol. The van der Waals surface area contributed by atoms with Crippen molar-refractivity contribution < 1.29 is 9.47 Å². The number of ether oxygens (including phenoxy) is 2. The molecule has 1 saturated heterocycles. The van der Waals surface area contributed by atoms with E-state index >= 15 is 0 Å². The molecule has 1 N–H and O–H groups in total. The first-order valence-corrected chi connectivity index (χ1v) is 7.10. The largest absolute Gasteiger partial charge is 0.478 e. The summed E-state index contributed by atoms with van der Waals surface area (Å²) < 4.78 is 11.2. The standard InChI is InChI=1S/C14H23N3O2/c1-3-7-18-13-9-11(2)16-14(17-13)19-8-5-12-4-6-15-10-12/h9,12,15H,3-8,10H2,1-2H3. The maximum atomic E-state index is 5.64. The minimum absolute atomic E-state index is 0.428. The Morgan fingerprint density at radius 2 is 2.21 bits per heavy atom. The van der Waals surface area contributed by atoms with E-state index in [1.807, 2.05) is 13.0 Å². The molecule has 1 aromatic heterocycles. The number of aryl methyl sites for hydroxylation is 1. The van der Waals surface area contributed by atoms with Crippen LogP contribution >= 0.6 is 0 Å². The second-order valence-electron chi connectivity index (χ2n) is 4.97. The summed E-state index contributed by atoms with van der Waals surface area (Å²) in [5.74, 6) is 1.33. The van der Waals surface area contributed by atoms with Crippen molar-refractivity contribution in [3.8, 4) is 11.9 Å². The minimum atomic E-state index is 0.428. The van der Waals surface area contributed by atoms with Gasteiger partial charge in [0.2, 0.25) is 5.88 Å². The van der Waals surface area contributed by atoms with Crippen LogP contribution < -0.4 is 14.8 Å². The van der Waals surface area contributed by atoms with E-state index in [-0.39, 0.29) is 0 Å². The smallest absolute Gasteiger partial charge is 0.319 e. The maximum Gasteiger partial charge on any atom is 0.319 e.